The number of fused-ring (bicyclic) bond motifs is 1. The van der Waals surface area contributed by atoms with Gasteiger partial charge in [-0.05, 0) is 42.0 Å². The van der Waals surface area contributed by atoms with Crippen molar-refractivity contribution in [1.82, 2.24) is 14.9 Å². The van der Waals surface area contributed by atoms with E-state index < -0.39 is 0 Å². The van der Waals surface area contributed by atoms with Gasteiger partial charge >= 0.3 is 0 Å². The fourth-order valence-corrected chi connectivity index (χ4v) is 3.73. The maximum Gasteiger partial charge on any atom is 0.159 e. The minimum atomic E-state index is 0.658. The molecule has 3 aromatic rings. The Bertz CT molecular complexity index is 942. The van der Waals surface area contributed by atoms with Crippen LogP contribution in [0.1, 0.15) is 16.8 Å². The average Bonchev–Trinajstić information content (AvgIpc) is 2.64. The highest BCUT2D eigenvalue weighted by atomic mass is 35.5. The molecule has 0 fully saturated rings. The van der Waals surface area contributed by atoms with Crippen molar-refractivity contribution in [2.75, 3.05) is 6.54 Å². The smallest absolute Gasteiger partial charge is 0.159 e. The molecule has 0 spiro atoms. The Morgan fingerprint density at radius 2 is 1.73 bits per heavy atom. The molecule has 1 aliphatic rings. The van der Waals surface area contributed by atoms with Gasteiger partial charge in [0.2, 0.25) is 0 Å². The maximum atomic E-state index is 6.30. The van der Waals surface area contributed by atoms with Crippen molar-refractivity contribution in [3.8, 4) is 11.4 Å². The standard InChI is InChI=1S/C20H16Cl3N3/c21-16-4-1-13(2-5-16)20-24-10-15-12-26(8-7-19(15)25-20)11-14-3-6-17(22)9-18(14)23/h1-6,9-10H,7-8,11-12H2. The van der Waals surface area contributed by atoms with E-state index >= 15 is 0 Å². The van der Waals surface area contributed by atoms with Gasteiger partial charge in [-0.3, -0.25) is 4.90 Å². The Morgan fingerprint density at radius 1 is 0.962 bits per heavy atom. The second-order valence-electron chi connectivity index (χ2n) is 6.37. The van der Waals surface area contributed by atoms with Crippen LogP contribution in [0.25, 0.3) is 11.4 Å². The van der Waals surface area contributed by atoms with Crippen LogP contribution in [0.2, 0.25) is 15.1 Å². The van der Waals surface area contributed by atoms with Gasteiger partial charge in [0.1, 0.15) is 0 Å². The van der Waals surface area contributed by atoms with E-state index in [9.17, 15) is 0 Å². The Balaban J connectivity index is 1.51. The Kier molecular flexibility index (Phi) is 5.14. The van der Waals surface area contributed by atoms with Gasteiger partial charge in [0.05, 0.1) is 5.69 Å². The number of benzene rings is 2. The van der Waals surface area contributed by atoms with E-state index in [2.05, 4.69) is 9.88 Å². The molecule has 0 saturated carbocycles. The third kappa shape index (κ3) is 3.86. The molecule has 26 heavy (non-hydrogen) atoms. The molecule has 4 rings (SSSR count). The predicted octanol–water partition coefficient (Wildman–Crippen LogP) is 5.66. The zero-order valence-electron chi connectivity index (χ0n) is 13.9. The molecule has 3 nitrogen and oxygen atoms in total. The Labute approximate surface area is 167 Å². The third-order valence-corrected chi connectivity index (χ3v) is 5.36. The van der Waals surface area contributed by atoms with Gasteiger partial charge in [0.15, 0.2) is 5.82 Å². The summed E-state index contributed by atoms with van der Waals surface area (Å²) in [7, 11) is 0. The predicted molar refractivity (Wildman–Crippen MR) is 107 cm³/mol. The van der Waals surface area contributed by atoms with Crippen molar-refractivity contribution in [1.29, 1.82) is 0 Å². The number of aromatic nitrogens is 2. The number of hydrogen-bond donors (Lipinski definition) is 0. The molecule has 0 radical (unpaired) electrons. The molecule has 0 amide bonds. The number of nitrogens with zero attached hydrogens (tertiary/aromatic N) is 3. The fraction of sp³-hybridized carbons (Fsp3) is 0.200. The van der Waals surface area contributed by atoms with E-state index in [1.165, 1.54) is 5.56 Å². The molecule has 0 N–H and O–H groups in total. The zero-order chi connectivity index (χ0) is 18.1. The first-order valence-electron chi connectivity index (χ1n) is 8.35. The minimum Gasteiger partial charge on any atom is -0.294 e. The molecular weight excluding hydrogens is 389 g/mol. The molecule has 0 aliphatic carbocycles. The van der Waals surface area contributed by atoms with Crippen LogP contribution in [0.3, 0.4) is 0 Å². The minimum absolute atomic E-state index is 0.658. The second-order valence-corrected chi connectivity index (χ2v) is 7.65. The highest BCUT2D eigenvalue weighted by Gasteiger charge is 2.19. The van der Waals surface area contributed by atoms with Crippen LogP contribution in [0.5, 0.6) is 0 Å². The van der Waals surface area contributed by atoms with Crippen molar-refractivity contribution in [3.63, 3.8) is 0 Å². The lowest BCUT2D eigenvalue weighted by atomic mass is 10.1. The van der Waals surface area contributed by atoms with Crippen molar-refractivity contribution in [2.45, 2.75) is 19.5 Å². The summed E-state index contributed by atoms with van der Waals surface area (Å²) >= 11 is 18.2. The second kappa shape index (κ2) is 7.53. The highest BCUT2D eigenvalue weighted by molar-refractivity contribution is 6.35. The van der Waals surface area contributed by atoms with Gasteiger partial charge in [0, 0.05) is 58.4 Å². The largest absolute Gasteiger partial charge is 0.294 e. The van der Waals surface area contributed by atoms with Crippen LogP contribution in [-0.4, -0.2) is 21.4 Å². The van der Waals surface area contributed by atoms with Crippen molar-refractivity contribution in [3.05, 3.63) is 80.6 Å². The number of halogens is 3. The van der Waals surface area contributed by atoms with Crippen molar-refractivity contribution in [2.24, 2.45) is 0 Å². The first-order chi connectivity index (χ1) is 12.6. The van der Waals surface area contributed by atoms with Gasteiger partial charge < -0.3 is 0 Å². The zero-order valence-corrected chi connectivity index (χ0v) is 16.2. The number of hydrogen-bond acceptors (Lipinski definition) is 3. The van der Waals surface area contributed by atoms with Crippen LogP contribution in [0, 0.1) is 0 Å². The maximum absolute atomic E-state index is 6.30. The lowest BCUT2D eigenvalue weighted by Gasteiger charge is -2.28. The summed E-state index contributed by atoms with van der Waals surface area (Å²) in [6.45, 7) is 2.53. The molecule has 1 aliphatic heterocycles. The van der Waals surface area contributed by atoms with Crippen molar-refractivity contribution < 1.29 is 0 Å². The SMILES string of the molecule is Clc1ccc(-c2ncc3c(n2)CCN(Cc2ccc(Cl)cc2Cl)C3)cc1. The van der Waals surface area contributed by atoms with E-state index in [4.69, 9.17) is 39.8 Å². The molecule has 0 saturated heterocycles. The topological polar surface area (TPSA) is 29.0 Å². The molecule has 1 aromatic heterocycles. The Morgan fingerprint density at radius 3 is 2.50 bits per heavy atom. The molecule has 0 bridgehead atoms. The molecule has 2 heterocycles. The summed E-state index contributed by atoms with van der Waals surface area (Å²) in [5.74, 6) is 0.745. The van der Waals surface area contributed by atoms with Crippen LogP contribution in [0.4, 0.5) is 0 Å². The van der Waals surface area contributed by atoms with Crippen LogP contribution >= 0.6 is 34.8 Å². The lowest BCUT2D eigenvalue weighted by molar-refractivity contribution is 0.243. The first kappa shape index (κ1) is 17.7. The molecule has 0 unspecified atom stereocenters. The quantitative estimate of drug-likeness (QED) is 0.564. The molecular formula is C20H16Cl3N3. The summed E-state index contributed by atoms with van der Waals surface area (Å²) in [5, 5.41) is 2.08. The highest BCUT2D eigenvalue weighted by Crippen LogP contribution is 2.26. The summed E-state index contributed by atoms with van der Waals surface area (Å²) in [6, 6.07) is 13.3. The van der Waals surface area contributed by atoms with Gasteiger partial charge in [-0.1, -0.05) is 40.9 Å². The third-order valence-electron chi connectivity index (χ3n) is 4.52. The molecule has 6 heteroatoms. The first-order valence-corrected chi connectivity index (χ1v) is 9.49. The van der Waals surface area contributed by atoms with E-state index in [1.54, 1.807) is 6.07 Å². The van der Waals surface area contributed by atoms with E-state index in [0.29, 0.717) is 15.1 Å². The van der Waals surface area contributed by atoms with Crippen LogP contribution in [-0.2, 0) is 19.5 Å². The van der Waals surface area contributed by atoms with Gasteiger partial charge in [0.25, 0.3) is 0 Å². The molecule has 2 aromatic carbocycles. The average molecular weight is 405 g/mol. The van der Waals surface area contributed by atoms with Gasteiger partial charge in [-0.15, -0.1) is 0 Å². The molecule has 0 atom stereocenters. The monoisotopic (exact) mass is 403 g/mol. The van der Waals surface area contributed by atoms with Crippen LogP contribution in [0.15, 0.2) is 48.7 Å². The van der Waals surface area contributed by atoms with Crippen LogP contribution < -0.4 is 0 Å². The van der Waals surface area contributed by atoms with E-state index in [-0.39, 0.29) is 0 Å². The molecule has 132 valence electrons. The summed E-state index contributed by atoms with van der Waals surface area (Å²) in [5.41, 5.74) is 4.34. The summed E-state index contributed by atoms with van der Waals surface area (Å²) in [4.78, 5) is 11.6. The summed E-state index contributed by atoms with van der Waals surface area (Å²) < 4.78 is 0. The fourth-order valence-electron chi connectivity index (χ4n) is 3.14. The number of rotatable bonds is 3. The lowest BCUT2D eigenvalue weighted by Crippen LogP contribution is -2.31. The normalized spacial score (nSPS) is 14.3. The van der Waals surface area contributed by atoms with E-state index in [1.807, 2.05) is 42.6 Å². The Hall–Kier alpha value is -1.65. The summed E-state index contributed by atoms with van der Waals surface area (Å²) in [6.07, 6.45) is 2.82. The van der Waals surface area contributed by atoms with Gasteiger partial charge in [-0.2, -0.15) is 0 Å². The van der Waals surface area contributed by atoms with Gasteiger partial charge in [-0.25, -0.2) is 9.97 Å². The van der Waals surface area contributed by atoms with E-state index in [0.717, 1.165) is 48.7 Å². The van der Waals surface area contributed by atoms with Crippen molar-refractivity contribution >= 4 is 34.8 Å².